The van der Waals surface area contributed by atoms with E-state index >= 15 is 0 Å². The molecule has 120 valence electrons. The number of ether oxygens (including phenoxy) is 2. The molecule has 0 heterocycles. The number of primary sulfonamides is 1. The number of nitrogens with one attached hydrogen (secondary N) is 1. The maximum Gasteiger partial charge on any atom is 0.241 e. The molecule has 0 saturated carbocycles. The molecule has 0 aromatic heterocycles. The molecule has 1 aromatic rings. The van der Waals surface area contributed by atoms with Gasteiger partial charge in [0.2, 0.25) is 20.0 Å². The number of sulfonamides is 2. The molecule has 0 spiro atoms. The Morgan fingerprint density at radius 3 is 2.43 bits per heavy atom. The third kappa shape index (κ3) is 5.50. The van der Waals surface area contributed by atoms with Crippen molar-refractivity contribution in [2.45, 2.75) is 11.8 Å². The molecular weight excluding hydrogens is 320 g/mol. The van der Waals surface area contributed by atoms with E-state index in [1.165, 1.54) is 19.2 Å². The summed E-state index contributed by atoms with van der Waals surface area (Å²) in [6.07, 6.45) is 0. The third-order valence-corrected chi connectivity index (χ3v) is 4.56. The predicted octanol–water partition coefficient (Wildman–Crippen LogP) is 0.121. The van der Waals surface area contributed by atoms with Gasteiger partial charge in [0.1, 0.15) is 10.6 Å². The summed E-state index contributed by atoms with van der Waals surface area (Å²) in [5.41, 5.74) is 0.0820. The number of methoxy groups -OCH3 is 1. The van der Waals surface area contributed by atoms with Crippen molar-refractivity contribution in [1.82, 2.24) is 0 Å². The van der Waals surface area contributed by atoms with Crippen molar-refractivity contribution >= 4 is 25.7 Å². The highest BCUT2D eigenvalue weighted by molar-refractivity contribution is 7.92. The van der Waals surface area contributed by atoms with Gasteiger partial charge in [0.05, 0.1) is 24.7 Å². The van der Waals surface area contributed by atoms with Gasteiger partial charge in [0, 0.05) is 7.11 Å². The smallest absolute Gasteiger partial charge is 0.241 e. The summed E-state index contributed by atoms with van der Waals surface area (Å²) < 4.78 is 58.6. The molecule has 0 fully saturated rings. The van der Waals surface area contributed by atoms with Crippen molar-refractivity contribution in [3.8, 4) is 5.75 Å². The Balaban J connectivity index is 3.12. The fourth-order valence-corrected chi connectivity index (χ4v) is 3.17. The van der Waals surface area contributed by atoms with Gasteiger partial charge in [-0.2, -0.15) is 0 Å². The van der Waals surface area contributed by atoms with Crippen LogP contribution in [0.3, 0.4) is 0 Å². The third-order valence-electron chi connectivity index (χ3n) is 2.38. The topological polar surface area (TPSA) is 125 Å². The van der Waals surface area contributed by atoms with E-state index in [0.29, 0.717) is 0 Å². The number of hydrogen-bond donors (Lipinski definition) is 2. The highest BCUT2D eigenvalue weighted by Gasteiger charge is 2.18. The van der Waals surface area contributed by atoms with Gasteiger partial charge in [-0.15, -0.1) is 0 Å². The molecule has 0 aliphatic carbocycles. The summed E-state index contributed by atoms with van der Waals surface area (Å²) in [6.45, 7) is 1.96. The van der Waals surface area contributed by atoms with Crippen molar-refractivity contribution in [3.05, 3.63) is 18.2 Å². The van der Waals surface area contributed by atoms with Gasteiger partial charge in [-0.25, -0.2) is 22.0 Å². The molecule has 0 amide bonds. The van der Waals surface area contributed by atoms with E-state index in [-0.39, 0.29) is 35.3 Å². The van der Waals surface area contributed by atoms with Crippen molar-refractivity contribution in [2.75, 3.05) is 30.8 Å². The first-order valence-corrected chi connectivity index (χ1v) is 9.18. The molecule has 1 aromatic carbocycles. The van der Waals surface area contributed by atoms with E-state index < -0.39 is 20.0 Å². The molecule has 1 rings (SSSR count). The zero-order valence-electron chi connectivity index (χ0n) is 11.7. The predicted molar refractivity (Wildman–Crippen MR) is 78.3 cm³/mol. The van der Waals surface area contributed by atoms with E-state index in [1.54, 1.807) is 6.92 Å². The quantitative estimate of drug-likeness (QED) is 0.693. The van der Waals surface area contributed by atoms with Crippen LogP contribution in [0.1, 0.15) is 6.92 Å². The molecule has 3 N–H and O–H groups in total. The molecule has 0 aliphatic heterocycles. The van der Waals surface area contributed by atoms with Crippen molar-refractivity contribution in [2.24, 2.45) is 5.14 Å². The second-order valence-corrected chi connectivity index (χ2v) is 7.42. The Morgan fingerprint density at radius 2 is 1.90 bits per heavy atom. The van der Waals surface area contributed by atoms with E-state index in [0.717, 1.165) is 6.07 Å². The normalized spacial score (nSPS) is 12.1. The van der Waals surface area contributed by atoms with Crippen LogP contribution in [0.4, 0.5) is 5.69 Å². The standard InChI is InChI=1S/C11H18N2O6S2/c1-3-19-10-5-4-9(8-11(10)21(12,16)17)13-20(14,15)7-6-18-2/h4-5,8,13H,3,6-7H2,1-2H3,(H2,12,16,17). The van der Waals surface area contributed by atoms with Crippen LogP contribution >= 0.6 is 0 Å². The fourth-order valence-electron chi connectivity index (χ4n) is 1.49. The summed E-state index contributed by atoms with van der Waals surface area (Å²) >= 11 is 0. The minimum Gasteiger partial charge on any atom is -0.492 e. The Kier molecular flexibility index (Phi) is 5.96. The average Bonchev–Trinajstić information content (AvgIpc) is 2.37. The second-order valence-electron chi connectivity index (χ2n) is 4.05. The van der Waals surface area contributed by atoms with Crippen LogP contribution < -0.4 is 14.6 Å². The van der Waals surface area contributed by atoms with Crippen molar-refractivity contribution in [3.63, 3.8) is 0 Å². The van der Waals surface area contributed by atoms with Crippen LogP contribution in [0.25, 0.3) is 0 Å². The molecule has 21 heavy (non-hydrogen) atoms. The fraction of sp³-hybridized carbons (Fsp3) is 0.455. The van der Waals surface area contributed by atoms with E-state index in [1.807, 2.05) is 0 Å². The zero-order chi connectivity index (χ0) is 16.1. The van der Waals surface area contributed by atoms with E-state index in [9.17, 15) is 16.8 Å². The van der Waals surface area contributed by atoms with E-state index in [4.69, 9.17) is 9.88 Å². The number of nitrogens with two attached hydrogens (primary N) is 1. The van der Waals surface area contributed by atoms with Gasteiger partial charge >= 0.3 is 0 Å². The Bertz CT molecular complexity index is 685. The number of anilines is 1. The molecule has 0 radical (unpaired) electrons. The Labute approximate surface area is 124 Å². The highest BCUT2D eigenvalue weighted by atomic mass is 32.2. The molecule has 0 saturated heterocycles. The van der Waals surface area contributed by atoms with Gasteiger partial charge in [0.15, 0.2) is 0 Å². The van der Waals surface area contributed by atoms with Crippen LogP contribution in [0.5, 0.6) is 5.75 Å². The van der Waals surface area contributed by atoms with Gasteiger partial charge in [-0.3, -0.25) is 4.72 Å². The number of rotatable bonds is 8. The first-order chi connectivity index (χ1) is 9.69. The monoisotopic (exact) mass is 338 g/mol. The van der Waals surface area contributed by atoms with Gasteiger partial charge in [-0.1, -0.05) is 0 Å². The largest absolute Gasteiger partial charge is 0.492 e. The number of benzene rings is 1. The molecule has 0 bridgehead atoms. The first kappa shape index (κ1) is 17.7. The van der Waals surface area contributed by atoms with Crippen LogP contribution in [-0.4, -0.2) is 42.9 Å². The van der Waals surface area contributed by atoms with Gasteiger partial charge in [-0.05, 0) is 25.1 Å². The van der Waals surface area contributed by atoms with Gasteiger partial charge in [0.25, 0.3) is 0 Å². The Hall–Kier alpha value is -1.36. The summed E-state index contributed by atoms with van der Waals surface area (Å²) in [5, 5.41) is 5.10. The number of hydrogen-bond acceptors (Lipinski definition) is 6. The summed E-state index contributed by atoms with van der Waals surface area (Å²) in [7, 11) is -6.29. The SMILES string of the molecule is CCOc1ccc(NS(=O)(=O)CCOC)cc1S(N)(=O)=O. The lowest BCUT2D eigenvalue weighted by Crippen LogP contribution is -2.20. The van der Waals surface area contributed by atoms with Crippen molar-refractivity contribution in [1.29, 1.82) is 0 Å². The molecule has 0 aliphatic rings. The minimum absolute atomic E-state index is 0.0222. The van der Waals surface area contributed by atoms with Gasteiger partial charge < -0.3 is 9.47 Å². The van der Waals surface area contributed by atoms with Crippen LogP contribution in [0.15, 0.2) is 23.1 Å². The second kappa shape index (κ2) is 7.07. The van der Waals surface area contributed by atoms with E-state index in [2.05, 4.69) is 9.46 Å². The maximum absolute atomic E-state index is 11.7. The first-order valence-electron chi connectivity index (χ1n) is 5.98. The molecule has 0 unspecified atom stereocenters. The molecular formula is C11H18N2O6S2. The lowest BCUT2D eigenvalue weighted by molar-refractivity contribution is 0.217. The molecule has 0 atom stereocenters. The lowest BCUT2D eigenvalue weighted by Gasteiger charge is -2.12. The average molecular weight is 338 g/mol. The maximum atomic E-state index is 11.7. The summed E-state index contributed by atoms with van der Waals surface area (Å²) in [6, 6.07) is 3.85. The minimum atomic E-state index is -4.04. The summed E-state index contributed by atoms with van der Waals surface area (Å²) in [5.74, 6) is -0.179. The lowest BCUT2D eigenvalue weighted by atomic mass is 10.3. The van der Waals surface area contributed by atoms with Crippen LogP contribution in [0.2, 0.25) is 0 Å². The van der Waals surface area contributed by atoms with Crippen LogP contribution in [0, 0.1) is 0 Å². The van der Waals surface area contributed by atoms with Crippen molar-refractivity contribution < 1.29 is 26.3 Å². The molecule has 10 heteroatoms. The highest BCUT2D eigenvalue weighted by Crippen LogP contribution is 2.26. The van der Waals surface area contributed by atoms with Crippen LogP contribution in [-0.2, 0) is 24.8 Å². The Morgan fingerprint density at radius 1 is 1.24 bits per heavy atom. The zero-order valence-corrected chi connectivity index (χ0v) is 13.3. The molecule has 8 nitrogen and oxygen atoms in total. The summed E-state index contributed by atoms with van der Waals surface area (Å²) in [4.78, 5) is -0.281.